The summed E-state index contributed by atoms with van der Waals surface area (Å²) in [5, 5.41) is 5.13. The maximum Gasteiger partial charge on any atom is 0.258 e. The van der Waals surface area contributed by atoms with Crippen LogP contribution >= 0.6 is 11.3 Å². The molecule has 1 amide bonds. The van der Waals surface area contributed by atoms with Crippen LogP contribution in [0.1, 0.15) is 42.3 Å². The average molecular weight is 329 g/mol. The fraction of sp³-hybridized carbons (Fsp3) is 0.421. The van der Waals surface area contributed by atoms with Gasteiger partial charge < -0.3 is 10.1 Å². The Hall–Kier alpha value is -1.81. The van der Waals surface area contributed by atoms with E-state index in [1.165, 1.54) is 22.4 Å². The highest BCUT2D eigenvalue weighted by Crippen LogP contribution is 2.27. The second-order valence-corrected chi connectivity index (χ2v) is 7.36. The molecule has 0 spiro atoms. The summed E-state index contributed by atoms with van der Waals surface area (Å²) in [7, 11) is 0. The first-order chi connectivity index (χ1) is 11.1. The molecule has 0 fully saturated rings. The molecule has 1 aliphatic rings. The lowest BCUT2D eigenvalue weighted by Gasteiger charge is -2.21. The highest BCUT2D eigenvalue weighted by Gasteiger charge is 2.19. The number of rotatable bonds is 6. The van der Waals surface area contributed by atoms with Crippen molar-refractivity contribution in [3.8, 4) is 5.75 Å². The molecule has 23 heavy (non-hydrogen) atoms. The van der Waals surface area contributed by atoms with Crippen LogP contribution in [0.15, 0.2) is 35.7 Å². The lowest BCUT2D eigenvalue weighted by atomic mass is 10.0. The number of amides is 1. The van der Waals surface area contributed by atoms with Gasteiger partial charge in [-0.2, -0.15) is 0 Å². The second-order valence-electron chi connectivity index (χ2n) is 6.38. The van der Waals surface area contributed by atoms with Gasteiger partial charge in [-0.1, -0.05) is 26.0 Å². The third kappa shape index (κ3) is 3.94. The normalized spacial score (nSPS) is 14.6. The number of hydrogen-bond donors (Lipinski definition) is 1. The molecule has 0 saturated carbocycles. The van der Waals surface area contributed by atoms with Crippen molar-refractivity contribution in [2.24, 2.45) is 5.92 Å². The molecule has 1 aromatic carbocycles. The van der Waals surface area contributed by atoms with Crippen molar-refractivity contribution in [2.75, 3.05) is 6.61 Å². The highest BCUT2D eigenvalue weighted by atomic mass is 32.1. The third-order valence-electron chi connectivity index (χ3n) is 4.27. The van der Waals surface area contributed by atoms with Gasteiger partial charge in [-0.15, -0.1) is 11.3 Å². The average Bonchev–Trinajstić information content (AvgIpc) is 3.20. The fourth-order valence-electron chi connectivity index (χ4n) is 3.04. The largest absolute Gasteiger partial charge is 0.484 e. The van der Waals surface area contributed by atoms with Crippen LogP contribution in [0.25, 0.3) is 0 Å². The summed E-state index contributed by atoms with van der Waals surface area (Å²) in [6.45, 7) is 4.30. The molecule has 0 unspecified atom stereocenters. The van der Waals surface area contributed by atoms with Crippen molar-refractivity contribution < 1.29 is 9.53 Å². The second kappa shape index (κ2) is 7.18. The van der Waals surface area contributed by atoms with Gasteiger partial charge in [-0.05, 0) is 59.9 Å². The van der Waals surface area contributed by atoms with Gasteiger partial charge in [-0.25, -0.2) is 0 Å². The minimum atomic E-state index is -0.0717. The SMILES string of the molecule is CC(C)[C@H](NC(=O)COc1ccc2c(c1)CCC2)c1cccs1. The molecular formula is C19H23NO2S. The molecule has 1 N–H and O–H groups in total. The van der Waals surface area contributed by atoms with E-state index in [9.17, 15) is 4.79 Å². The smallest absolute Gasteiger partial charge is 0.258 e. The lowest BCUT2D eigenvalue weighted by molar-refractivity contribution is -0.124. The maximum absolute atomic E-state index is 12.2. The van der Waals surface area contributed by atoms with Crippen LogP contribution in [0.2, 0.25) is 0 Å². The molecule has 1 aromatic heterocycles. The van der Waals surface area contributed by atoms with E-state index in [-0.39, 0.29) is 18.6 Å². The number of ether oxygens (including phenoxy) is 1. The molecule has 1 heterocycles. The van der Waals surface area contributed by atoms with E-state index in [1.807, 2.05) is 17.5 Å². The van der Waals surface area contributed by atoms with Crippen LogP contribution in [-0.2, 0) is 17.6 Å². The highest BCUT2D eigenvalue weighted by molar-refractivity contribution is 7.10. The standard InChI is InChI=1S/C19H23NO2S/c1-13(2)19(17-7-4-10-23-17)20-18(21)12-22-16-9-8-14-5-3-6-15(14)11-16/h4,7-11,13,19H,3,5-6,12H2,1-2H3,(H,20,21)/t19-/m0/s1. The monoisotopic (exact) mass is 329 g/mol. The molecule has 3 rings (SSSR count). The van der Waals surface area contributed by atoms with Crippen LogP contribution in [0.3, 0.4) is 0 Å². The number of aryl methyl sites for hydroxylation is 2. The molecule has 0 bridgehead atoms. The van der Waals surface area contributed by atoms with Crippen LogP contribution in [0.5, 0.6) is 5.75 Å². The van der Waals surface area contributed by atoms with Gasteiger partial charge in [0.05, 0.1) is 6.04 Å². The van der Waals surface area contributed by atoms with Crippen molar-refractivity contribution in [3.63, 3.8) is 0 Å². The Morgan fingerprint density at radius 1 is 1.26 bits per heavy atom. The van der Waals surface area contributed by atoms with Gasteiger partial charge in [0.25, 0.3) is 5.91 Å². The third-order valence-corrected chi connectivity index (χ3v) is 5.23. The quantitative estimate of drug-likeness (QED) is 0.865. The van der Waals surface area contributed by atoms with Crippen LogP contribution in [-0.4, -0.2) is 12.5 Å². The minimum absolute atomic E-state index is 0.0473. The van der Waals surface area contributed by atoms with Gasteiger partial charge in [0, 0.05) is 4.88 Å². The van der Waals surface area contributed by atoms with Crippen molar-refractivity contribution in [3.05, 3.63) is 51.7 Å². The summed E-state index contributed by atoms with van der Waals surface area (Å²) in [6.07, 6.45) is 3.50. The van der Waals surface area contributed by atoms with E-state index in [0.29, 0.717) is 5.92 Å². The Kier molecular flexibility index (Phi) is 5.01. The first-order valence-electron chi connectivity index (χ1n) is 8.21. The summed E-state index contributed by atoms with van der Waals surface area (Å²) in [5.74, 6) is 1.06. The molecule has 3 nitrogen and oxygen atoms in total. The number of carbonyl (C=O) groups is 1. The van der Waals surface area contributed by atoms with Crippen molar-refractivity contribution in [2.45, 2.75) is 39.2 Å². The number of hydrogen-bond acceptors (Lipinski definition) is 3. The summed E-state index contributed by atoms with van der Waals surface area (Å²) < 4.78 is 5.68. The molecular weight excluding hydrogens is 306 g/mol. The molecule has 0 radical (unpaired) electrons. The molecule has 4 heteroatoms. The van der Waals surface area contributed by atoms with Crippen molar-refractivity contribution in [1.82, 2.24) is 5.32 Å². The van der Waals surface area contributed by atoms with E-state index >= 15 is 0 Å². The summed E-state index contributed by atoms with van der Waals surface area (Å²) in [4.78, 5) is 13.4. The predicted molar refractivity (Wildman–Crippen MR) is 94.0 cm³/mol. The molecule has 0 saturated heterocycles. The van der Waals surface area contributed by atoms with Crippen molar-refractivity contribution in [1.29, 1.82) is 0 Å². The van der Waals surface area contributed by atoms with E-state index < -0.39 is 0 Å². The summed E-state index contributed by atoms with van der Waals surface area (Å²) in [6, 6.07) is 10.3. The molecule has 0 aliphatic heterocycles. The van der Waals surface area contributed by atoms with Gasteiger partial charge in [0.2, 0.25) is 0 Å². The Balaban J connectivity index is 1.56. The maximum atomic E-state index is 12.2. The zero-order valence-electron chi connectivity index (χ0n) is 13.7. The molecule has 122 valence electrons. The summed E-state index contributed by atoms with van der Waals surface area (Å²) in [5.41, 5.74) is 2.78. The topological polar surface area (TPSA) is 38.3 Å². The zero-order chi connectivity index (χ0) is 16.2. The number of thiophene rings is 1. The fourth-order valence-corrected chi connectivity index (χ4v) is 3.99. The van der Waals surface area contributed by atoms with Crippen molar-refractivity contribution >= 4 is 17.2 Å². The van der Waals surface area contributed by atoms with Crippen LogP contribution in [0.4, 0.5) is 0 Å². The summed E-state index contributed by atoms with van der Waals surface area (Å²) >= 11 is 1.67. The Bertz CT molecular complexity index is 664. The van der Waals surface area contributed by atoms with E-state index in [1.54, 1.807) is 11.3 Å². The first-order valence-corrected chi connectivity index (χ1v) is 9.09. The Labute approximate surface area is 141 Å². The minimum Gasteiger partial charge on any atom is -0.484 e. The number of carbonyl (C=O) groups excluding carboxylic acids is 1. The number of benzene rings is 1. The van der Waals surface area contributed by atoms with Crippen LogP contribution in [0, 0.1) is 5.92 Å². The zero-order valence-corrected chi connectivity index (χ0v) is 14.5. The molecule has 1 atom stereocenters. The van der Waals surface area contributed by atoms with E-state index in [2.05, 4.69) is 37.4 Å². The van der Waals surface area contributed by atoms with Crippen LogP contribution < -0.4 is 10.1 Å². The van der Waals surface area contributed by atoms with Gasteiger partial charge in [0.15, 0.2) is 6.61 Å². The lowest BCUT2D eigenvalue weighted by Crippen LogP contribution is -2.34. The van der Waals surface area contributed by atoms with Gasteiger partial charge >= 0.3 is 0 Å². The molecule has 2 aromatic rings. The van der Waals surface area contributed by atoms with Gasteiger partial charge in [0.1, 0.15) is 5.75 Å². The number of fused-ring (bicyclic) bond motifs is 1. The van der Waals surface area contributed by atoms with E-state index in [0.717, 1.165) is 18.6 Å². The Morgan fingerprint density at radius 3 is 2.83 bits per heavy atom. The first kappa shape index (κ1) is 16.1. The number of nitrogens with one attached hydrogen (secondary N) is 1. The van der Waals surface area contributed by atoms with Gasteiger partial charge in [-0.3, -0.25) is 4.79 Å². The van der Waals surface area contributed by atoms with E-state index in [4.69, 9.17) is 4.74 Å². The Morgan fingerprint density at radius 2 is 2.09 bits per heavy atom. The molecule has 1 aliphatic carbocycles. The predicted octanol–water partition coefficient (Wildman–Crippen LogP) is 4.13.